The number of ether oxygens (including phenoxy) is 2. The fraction of sp³-hybridized carbons (Fsp3) is 0.429. The highest BCUT2D eigenvalue weighted by Crippen LogP contribution is 2.39. The molecule has 1 unspecified atom stereocenters. The molecule has 1 N–H and O–H groups in total. The van der Waals surface area contributed by atoms with Gasteiger partial charge in [0.2, 0.25) is 5.89 Å². The fourth-order valence-corrected chi connectivity index (χ4v) is 2.23. The molecule has 3 rings (SSSR count). The molecule has 6 heteroatoms. The first-order valence-corrected chi connectivity index (χ1v) is 6.73. The lowest BCUT2D eigenvalue weighted by atomic mass is 10.1. The van der Waals surface area contributed by atoms with Crippen LogP contribution < -0.4 is 14.8 Å². The number of benzene rings is 1. The van der Waals surface area contributed by atoms with Crippen LogP contribution in [0.15, 0.2) is 22.6 Å². The average molecular weight is 275 g/mol. The second-order valence-electron chi connectivity index (χ2n) is 4.52. The van der Waals surface area contributed by atoms with Crippen LogP contribution in [0, 0.1) is 0 Å². The predicted molar refractivity (Wildman–Crippen MR) is 72.8 cm³/mol. The van der Waals surface area contributed by atoms with Crippen molar-refractivity contribution in [3.8, 4) is 23.0 Å². The second-order valence-corrected chi connectivity index (χ2v) is 4.52. The third-order valence-corrected chi connectivity index (χ3v) is 3.29. The van der Waals surface area contributed by atoms with Gasteiger partial charge in [0.05, 0.1) is 11.6 Å². The lowest BCUT2D eigenvalue weighted by Gasteiger charge is -2.19. The van der Waals surface area contributed by atoms with Gasteiger partial charge in [0.25, 0.3) is 5.89 Å². The predicted octanol–water partition coefficient (Wildman–Crippen LogP) is 2.18. The molecule has 0 saturated carbocycles. The number of hydrogen-bond donors (Lipinski definition) is 1. The third-order valence-electron chi connectivity index (χ3n) is 3.29. The van der Waals surface area contributed by atoms with Crippen molar-refractivity contribution >= 4 is 0 Å². The Labute approximate surface area is 117 Å². The van der Waals surface area contributed by atoms with Gasteiger partial charge in [-0.2, -0.15) is 0 Å². The van der Waals surface area contributed by atoms with Gasteiger partial charge in [-0.15, -0.1) is 10.2 Å². The van der Waals surface area contributed by atoms with Crippen LogP contribution in [0.25, 0.3) is 11.5 Å². The molecule has 20 heavy (non-hydrogen) atoms. The Morgan fingerprint density at radius 1 is 1.25 bits per heavy atom. The van der Waals surface area contributed by atoms with Crippen molar-refractivity contribution < 1.29 is 13.9 Å². The Kier molecular flexibility index (Phi) is 3.56. The molecule has 0 radical (unpaired) electrons. The largest absolute Gasteiger partial charge is 0.486 e. The summed E-state index contributed by atoms with van der Waals surface area (Å²) >= 11 is 0. The van der Waals surface area contributed by atoms with Gasteiger partial charge in [-0.25, -0.2) is 0 Å². The fourth-order valence-electron chi connectivity index (χ4n) is 2.23. The van der Waals surface area contributed by atoms with Crippen molar-refractivity contribution in [2.75, 3.05) is 20.3 Å². The molecule has 0 aliphatic carbocycles. The Bertz CT molecular complexity index is 593. The second kappa shape index (κ2) is 5.50. The molecule has 0 fully saturated rings. The average Bonchev–Trinajstić information content (AvgIpc) is 2.97. The Morgan fingerprint density at radius 2 is 2.10 bits per heavy atom. The molecule has 106 valence electrons. The number of aromatic nitrogens is 2. The maximum atomic E-state index is 5.76. The zero-order valence-electron chi connectivity index (χ0n) is 11.5. The molecule has 1 aliphatic rings. The first-order valence-electron chi connectivity index (χ1n) is 6.73. The normalized spacial score (nSPS) is 15.1. The summed E-state index contributed by atoms with van der Waals surface area (Å²) in [7, 11) is 1.87. The lowest BCUT2D eigenvalue weighted by molar-refractivity contribution is 0.172. The smallest absolute Gasteiger partial charge is 0.251 e. The topological polar surface area (TPSA) is 69.4 Å². The summed E-state index contributed by atoms with van der Waals surface area (Å²) in [5, 5.41) is 11.4. The molecular formula is C14H17N3O3. The maximum Gasteiger partial charge on any atom is 0.251 e. The highest BCUT2D eigenvalue weighted by molar-refractivity contribution is 5.67. The molecule has 1 atom stereocenters. The molecule has 6 nitrogen and oxygen atoms in total. The van der Waals surface area contributed by atoms with Crippen LogP contribution in [0.4, 0.5) is 0 Å². The van der Waals surface area contributed by atoms with Gasteiger partial charge < -0.3 is 19.2 Å². The van der Waals surface area contributed by atoms with E-state index in [-0.39, 0.29) is 6.04 Å². The molecule has 2 heterocycles. The van der Waals surface area contributed by atoms with Crippen molar-refractivity contribution in [2.45, 2.75) is 19.4 Å². The van der Waals surface area contributed by atoms with Crippen LogP contribution in [0.5, 0.6) is 11.5 Å². The summed E-state index contributed by atoms with van der Waals surface area (Å²) in [6.45, 7) is 3.15. The number of rotatable bonds is 4. The van der Waals surface area contributed by atoms with Gasteiger partial charge >= 0.3 is 0 Å². The minimum absolute atomic E-state index is 0.0629. The molecule has 0 amide bonds. The van der Waals surface area contributed by atoms with Crippen LogP contribution in [0.1, 0.15) is 25.3 Å². The zero-order valence-corrected chi connectivity index (χ0v) is 11.5. The summed E-state index contributed by atoms with van der Waals surface area (Å²) in [5.74, 6) is 2.43. The highest BCUT2D eigenvalue weighted by atomic mass is 16.6. The number of nitrogens with zero attached hydrogens (tertiary/aromatic N) is 2. The molecule has 0 bridgehead atoms. The van der Waals surface area contributed by atoms with Crippen LogP contribution in [-0.4, -0.2) is 30.5 Å². The lowest BCUT2D eigenvalue weighted by Crippen LogP contribution is -2.16. The first-order chi connectivity index (χ1) is 9.83. The van der Waals surface area contributed by atoms with E-state index in [0.29, 0.717) is 36.5 Å². The monoisotopic (exact) mass is 275 g/mol. The van der Waals surface area contributed by atoms with E-state index < -0.39 is 0 Å². The van der Waals surface area contributed by atoms with Gasteiger partial charge in [-0.05, 0) is 25.6 Å². The molecule has 0 spiro atoms. The molecule has 0 saturated heterocycles. The van der Waals surface area contributed by atoms with Crippen molar-refractivity contribution in [3.05, 3.63) is 24.1 Å². The maximum absolute atomic E-state index is 5.76. The highest BCUT2D eigenvalue weighted by Gasteiger charge is 2.22. The number of nitrogens with one attached hydrogen (secondary N) is 1. The van der Waals surface area contributed by atoms with Crippen molar-refractivity contribution in [1.82, 2.24) is 15.5 Å². The van der Waals surface area contributed by atoms with Crippen LogP contribution in [0.2, 0.25) is 0 Å². The van der Waals surface area contributed by atoms with Crippen LogP contribution in [0.3, 0.4) is 0 Å². The summed E-state index contributed by atoms with van der Waals surface area (Å²) in [5.41, 5.74) is 0.770. The van der Waals surface area contributed by atoms with E-state index in [1.807, 2.05) is 25.2 Å². The Morgan fingerprint density at radius 3 is 2.90 bits per heavy atom. The van der Waals surface area contributed by atoms with Gasteiger partial charge in [-0.1, -0.05) is 13.0 Å². The van der Waals surface area contributed by atoms with E-state index in [9.17, 15) is 0 Å². The summed E-state index contributed by atoms with van der Waals surface area (Å²) in [4.78, 5) is 0. The van der Waals surface area contributed by atoms with E-state index in [2.05, 4.69) is 22.4 Å². The van der Waals surface area contributed by atoms with Crippen molar-refractivity contribution in [3.63, 3.8) is 0 Å². The molecular weight excluding hydrogens is 258 g/mol. The van der Waals surface area contributed by atoms with Crippen molar-refractivity contribution in [2.24, 2.45) is 0 Å². The van der Waals surface area contributed by atoms with Crippen LogP contribution >= 0.6 is 0 Å². The Balaban J connectivity index is 1.97. The minimum atomic E-state index is 0.0629. The number of fused-ring (bicyclic) bond motifs is 1. The van der Waals surface area contributed by atoms with E-state index in [4.69, 9.17) is 13.9 Å². The molecule has 1 aromatic heterocycles. The van der Waals surface area contributed by atoms with E-state index >= 15 is 0 Å². The van der Waals surface area contributed by atoms with Crippen LogP contribution in [-0.2, 0) is 0 Å². The summed E-state index contributed by atoms with van der Waals surface area (Å²) < 4.78 is 17.0. The van der Waals surface area contributed by atoms with E-state index in [1.165, 1.54) is 0 Å². The van der Waals surface area contributed by atoms with Crippen molar-refractivity contribution in [1.29, 1.82) is 0 Å². The molecule has 1 aliphatic heterocycles. The SMILES string of the molecule is CCC(NC)c1nnc(-c2cccc3c2OCCO3)o1. The van der Waals surface area contributed by atoms with E-state index in [0.717, 1.165) is 12.0 Å². The first kappa shape index (κ1) is 12.9. The van der Waals surface area contributed by atoms with Gasteiger partial charge in [0.15, 0.2) is 11.5 Å². The van der Waals surface area contributed by atoms with E-state index in [1.54, 1.807) is 0 Å². The van der Waals surface area contributed by atoms with Gasteiger partial charge in [-0.3, -0.25) is 0 Å². The zero-order chi connectivity index (χ0) is 13.9. The number of hydrogen-bond acceptors (Lipinski definition) is 6. The quantitative estimate of drug-likeness (QED) is 0.922. The Hall–Kier alpha value is -2.08. The summed E-state index contributed by atoms with van der Waals surface area (Å²) in [6, 6.07) is 5.72. The minimum Gasteiger partial charge on any atom is -0.486 e. The van der Waals surface area contributed by atoms with Gasteiger partial charge in [0.1, 0.15) is 13.2 Å². The summed E-state index contributed by atoms with van der Waals surface area (Å²) in [6.07, 6.45) is 0.880. The van der Waals surface area contributed by atoms with Gasteiger partial charge in [0, 0.05) is 0 Å². The molecule has 2 aromatic rings. The standard InChI is InChI=1S/C14H17N3O3/c1-3-10(15-2)14-17-16-13(20-14)9-5-4-6-11-12(9)19-8-7-18-11/h4-6,10,15H,3,7-8H2,1-2H3. The third kappa shape index (κ3) is 2.22. The molecule has 1 aromatic carbocycles. The number of para-hydroxylation sites is 1.